The third kappa shape index (κ3) is 2.98. The number of rotatable bonds is 4. The summed E-state index contributed by atoms with van der Waals surface area (Å²) in [7, 11) is 0. The van der Waals surface area contributed by atoms with Gasteiger partial charge < -0.3 is 10.2 Å². The summed E-state index contributed by atoms with van der Waals surface area (Å²) >= 11 is 1.54. The molecule has 1 saturated heterocycles. The molecular formula is C25H33N7S. The molecule has 3 aromatic heterocycles. The summed E-state index contributed by atoms with van der Waals surface area (Å²) in [6.45, 7) is 8.99. The van der Waals surface area contributed by atoms with Crippen LogP contribution in [0.15, 0.2) is 18.3 Å². The zero-order chi connectivity index (χ0) is 22.4. The standard InChI is InChI=1S/C25H33N7S/c1-15-26-23(33-30-15)31-13-19-20(18-8-11-25(18,19)14-31)27-22-28-21-17(5-4-12-32(21)29-22)16-6-9-24(2,3)10-7-16/h4-5,12,16,18-20H,6-11,13-14H2,1-3H3,(H,27,29)/t18-,19-,20?,25?/m1/s1. The minimum atomic E-state index is 0.467. The van der Waals surface area contributed by atoms with Crippen molar-refractivity contribution in [2.75, 3.05) is 23.3 Å². The zero-order valence-electron chi connectivity index (χ0n) is 19.8. The van der Waals surface area contributed by atoms with Crippen molar-refractivity contribution >= 4 is 28.3 Å². The van der Waals surface area contributed by atoms with Crippen molar-refractivity contribution in [1.82, 2.24) is 24.0 Å². The van der Waals surface area contributed by atoms with Crippen LogP contribution in [0.2, 0.25) is 0 Å². The normalized spacial score (nSPS) is 32.8. The molecule has 1 aliphatic heterocycles. The lowest BCUT2D eigenvalue weighted by Gasteiger charge is -2.65. The van der Waals surface area contributed by atoms with Crippen molar-refractivity contribution in [3.05, 3.63) is 29.7 Å². The fourth-order valence-corrected chi connectivity index (χ4v) is 8.07. The first-order valence-electron chi connectivity index (χ1n) is 12.6. The molecule has 7 rings (SSSR count). The van der Waals surface area contributed by atoms with Crippen molar-refractivity contribution in [3.8, 4) is 0 Å². The number of nitrogens with one attached hydrogen (secondary N) is 1. The molecule has 2 unspecified atom stereocenters. The summed E-state index contributed by atoms with van der Waals surface area (Å²) in [5.41, 5.74) is 3.36. The number of hydrogen-bond acceptors (Lipinski definition) is 7. The van der Waals surface area contributed by atoms with Crippen LogP contribution in [-0.2, 0) is 0 Å². The van der Waals surface area contributed by atoms with Crippen LogP contribution >= 0.6 is 11.5 Å². The lowest BCUT2D eigenvalue weighted by atomic mass is 9.41. The molecule has 0 radical (unpaired) electrons. The number of pyridine rings is 1. The number of anilines is 2. The number of aromatic nitrogens is 5. The summed E-state index contributed by atoms with van der Waals surface area (Å²) in [4.78, 5) is 12.2. The average Bonchev–Trinajstić information content (AvgIpc) is 3.48. The van der Waals surface area contributed by atoms with E-state index in [0.717, 1.165) is 41.6 Å². The molecule has 4 atom stereocenters. The molecule has 0 aromatic carbocycles. The molecule has 8 heteroatoms. The van der Waals surface area contributed by atoms with Crippen LogP contribution < -0.4 is 10.2 Å². The van der Waals surface area contributed by atoms with Gasteiger partial charge in [-0.25, -0.2) is 9.50 Å². The Morgan fingerprint density at radius 1 is 1.09 bits per heavy atom. The first-order chi connectivity index (χ1) is 15.9. The SMILES string of the molecule is Cc1nsc(N2C[C@@H]3C(Nc4nc5c(C6CCC(C)(C)CC6)cccn5n4)[C@H]4CCC43C2)n1. The smallest absolute Gasteiger partial charge is 0.243 e. The summed E-state index contributed by atoms with van der Waals surface area (Å²) in [6, 6.07) is 4.88. The number of fused-ring (bicyclic) bond motifs is 1. The summed E-state index contributed by atoms with van der Waals surface area (Å²) in [5.74, 6) is 3.66. The van der Waals surface area contributed by atoms with Crippen molar-refractivity contribution in [1.29, 1.82) is 0 Å². The van der Waals surface area contributed by atoms with Gasteiger partial charge >= 0.3 is 0 Å². The van der Waals surface area contributed by atoms with E-state index in [1.807, 2.05) is 17.6 Å². The minimum absolute atomic E-state index is 0.467. The first kappa shape index (κ1) is 20.2. The predicted molar refractivity (Wildman–Crippen MR) is 131 cm³/mol. The minimum Gasteiger partial charge on any atom is -0.350 e. The number of nitrogens with zero attached hydrogens (tertiary/aromatic N) is 6. The summed E-state index contributed by atoms with van der Waals surface area (Å²) < 4.78 is 6.40. The van der Waals surface area contributed by atoms with Crippen LogP contribution in [0, 0.1) is 29.6 Å². The molecule has 3 aromatic rings. The number of hydrogen-bond donors (Lipinski definition) is 1. The van der Waals surface area contributed by atoms with Crippen LogP contribution in [-0.4, -0.2) is 43.1 Å². The molecule has 33 heavy (non-hydrogen) atoms. The molecule has 4 heterocycles. The molecule has 0 amide bonds. The topological polar surface area (TPSA) is 71.2 Å². The molecule has 0 bridgehead atoms. The van der Waals surface area contributed by atoms with Crippen LogP contribution in [0.4, 0.5) is 11.1 Å². The molecule has 1 N–H and O–H groups in total. The third-order valence-electron chi connectivity index (χ3n) is 9.42. The van der Waals surface area contributed by atoms with E-state index >= 15 is 0 Å². The van der Waals surface area contributed by atoms with Gasteiger partial charge in [-0.2, -0.15) is 9.36 Å². The van der Waals surface area contributed by atoms with E-state index in [-0.39, 0.29) is 0 Å². The van der Waals surface area contributed by atoms with Crippen molar-refractivity contribution in [3.63, 3.8) is 0 Å². The number of aryl methyl sites for hydroxylation is 1. The van der Waals surface area contributed by atoms with Crippen LogP contribution in [0.1, 0.15) is 69.7 Å². The van der Waals surface area contributed by atoms with Gasteiger partial charge in [-0.15, -0.1) is 5.10 Å². The Morgan fingerprint density at radius 3 is 2.67 bits per heavy atom. The lowest BCUT2D eigenvalue weighted by Crippen LogP contribution is -2.68. The summed E-state index contributed by atoms with van der Waals surface area (Å²) in [5, 5.41) is 9.73. The van der Waals surface area contributed by atoms with Gasteiger partial charge in [0.15, 0.2) is 5.65 Å². The van der Waals surface area contributed by atoms with E-state index < -0.39 is 0 Å². The van der Waals surface area contributed by atoms with Gasteiger partial charge in [-0.3, -0.25) is 0 Å². The van der Waals surface area contributed by atoms with E-state index in [9.17, 15) is 0 Å². The van der Waals surface area contributed by atoms with Gasteiger partial charge in [-0.1, -0.05) is 19.9 Å². The van der Waals surface area contributed by atoms with E-state index in [2.05, 4.69) is 45.6 Å². The zero-order valence-corrected chi connectivity index (χ0v) is 20.6. The van der Waals surface area contributed by atoms with Gasteiger partial charge in [0.25, 0.3) is 0 Å². The maximum atomic E-state index is 5.03. The fourth-order valence-electron chi connectivity index (χ4n) is 7.39. The second kappa shape index (κ2) is 6.90. The second-order valence-corrected chi connectivity index (χ2v) is 12.5. The Hall–Kier alpha value is -2.22. The van der Waals surface area contributed by atoms with Gasteiger partial charge in [0.2, 0.25) is 11.1 Å². The van der Waals surface area contributed by atoms with Crippen LogP contribution in [0.3, 0.4) is 0 Å². The van der Waals surface area contributed by atoms with Crippen LogP contribution in [0.25, 0.3) is 5.65 Å². The van der Waals surface area contributed by atoms with Gasteiger partial charge in [-0.05, 0) is 74.2 Å². The van der Waals surface area contributed by atoms with Crippen molar-refractivity contribution in [2.24, 2.45) is 22.7 Å². The van der Waals surface area contributed by atoms with E-state index in [1.54, 1.807) is 11.5 Å². The summed E-state index contributed by atoms with van der Waals surface area (Å²) in [6.07, 6.45) is 9.78. The van der Waals surface area contributed by atoms with Gasteiger partial charge in [0, 0.05) is 48.3 Å². The van der Waals surface area contributed by atoms with E-state index in [1.165, 1.54) is 44.1 Å². The highest BCUT2D eigenvalue weighted by atomic mass is 32.1. The third-order valence-corrected chi connectivity index (χ3v) is 10.3. The van der Waals surface area contributed by atoms with Crippen LogP contribution in [0.5, 0.6) is 0 Å². The predicted octanol–water partition coefficient (Wildman–Crippen LogP) is 4.90. The monoisotopic (exact) mass is 463 g/mol. The van der Waals surface area contributed by atoms with Gasteiger partial charge in [0.1, 0.15) is 5.82 Å². The fraction of sp³-hybridized carbons (Fsp3) is 0.680. The Balaban J connectivity index is 1.11. The lowest BCUT2D eigenvalue weighted by molar-refractivity contribution is -0.117. The molecule has 1 spiro atoms. The highest BCUT2D eigenvalue weighted by molar-refractivity contribution is 7.09. The molecule has 3 aliphatic carbocycles. The average molecular weight is 464 g/mol. The Bertz CT molecular complexity index is 1200. The quantitative estimate of drug-likeness (QED) is 0.593. The largest absolute Gasteiger partial charge is 0.350 e. The first-order valence-corrected chi connectivity index (χ1v) is 13.4. The maximum absolute atomic E-state index is 5.03. The highest BCUT2D eigenvalue weighted by Gasteiger charge is 2.70. The van der Waals surface area contributed by atoms with E-state index in [0.29, 0.717) is 28.7 Å². The van der Waals surface area contributed by atoms with Crippen molar-refractivity contribution < 1.29 is 0 Å². The van der Waals surface area contributed by atoms with Gasteiger partial charge in [0.05, 0.1) is 0 Å². The molecular weight excluding hydrogens is 430 g/mol. The Labute approximate surface area is 199 Å². The molecule has 4 aliphatic rings. The Kier molecular flexibility index (Phi) is 4.22. The second-order valence-electron chi connectivity index (χ2n) is 11.8. The molecule has 4 fully saturated rings. The Morgan fingerprint density at radius 2 is 1.94 bits per heavy atom. The van der Waals surface area contributed by atoms with E-state index in [4.69, 9.17) is 10.1 Å². The molecule has 7 nitrogen and oxygen atoms in total. The van der Waals surface area contributed by atoms with Crippen molar-refractivity contribution in [2.45, 2.75) is 71.3 Å². The molecule has 3 saturated carbocycles. The molecule has 174 valence electrons. The maximum Gasteiger partial charge on any atom is 0.243 e. The highest BCUT2D eigenvalue weighted by Crippen LogP contribution is 2.68.